The Morgan fingerprint density at radius 3 is 1.57 bits per heavy atom. The summed E-state index contributed by atoms with van der Waals surface area (Å²) in [5.41, 5.74) is 0. The molecule has 0 aromatic rings. The van der Waals surface area contributed by atoms with E-state index in [9.17, 15) is 0 Å². The molecule has 2 N–H and O–H groups in total. The Morgan fingerprint density at radius 2 is 1.43 bits per heavy atom. The molecule has 0 radical (unpaired) electrons. The molecule has 0 unspecified atom stereocenters. The van der Waals surface area contributed by atoms with Crippen LogP contribution >= 0.6 is 0 Å². The van der Waals surface area contributed by atoms with Gasteiger partial charge in [-0.3, -0.25) is 0 Å². The first-order valence-corrected chi connectivity index (χ1v) is 1.78. The molecule has 7 heavy (non-hydrogen) atoms. The molecule has 38 valence electrons. The van der Waals surface area contributed by atoms with E-state index < -0.39 is 0 Å². The average molecular weight is 112 g/mol. The number of rotatable bonds is 2. The van der Waals surface area contributed by atoms with Crippen molar-refractivity contribution in [1.29, 1.82) is 0 Å². The summed E-state index contributed by atoms with van der Waals surface area (Å²) in [5, 5.41) is 16.0. The zero-order valence-corrected chi connectivity index (χ0v) is 6.46. The van der Waals surface area contributed by atoms with Crippen LogP contribution in [0.3, 0.4) is 0 Å². The number of aliphatic hydroxyl groups excluding tert-OH is 2. The summed E-state index contributed by atoms with van der Waals surface area (Å²) in [5.74, 6) is 0. The van der Waals surface area contributed by atoms with Crippen LogP contribution < -0.4 is 29.6 Å². The van der Waals surface area contributed by atoms with Crippen LogP contribution in [-0.2, 0) is 0 Å². The van der Waals surface area contributed by atoms with E-state index in [1.165, 1.54) is 12.2 Å². The smallest absolute Gasteiger partial charge is 1.00 e. The van der Waals surface area contributed by atoms with Crippen molar-refractivity contribution in [3.8, 4) is 0 Å². The van der Waals surface area contributed by atoms with E-state index in [0.717, 1.165) is 0 Å². The topological polar surface area (TPSA) is 40.5 Å². The summed E-state index contributed by atoms with van der Waals surface area (Å²) >= 11 is 0. The molecule has 0 spiro atoms. The van der Waals surface area contributed by atoms with Crippen LogP contribution in [0.2, 0.25) is 0 Å². The second-order valence-corrected chi connectivity index (χ2v) is 0.837. The molecule has 0 aliphatic carbocycles. The van der Waals surface area contributed by atoms with Gasteiger partial charge in [0.2, 0.25) is 0 Å². The first-order valence-electron chi connectivity index (χ1n) is 1.78. The molecule has 0 amide bonds. The third-order valence-corrected chi connectivity index (χ3v) is 0.377. The maximum atomic E-state index is 8.00. The average Bonchev–Trinajstić information content (AvgIpc) is 1.61. The van der Waals surface area contributed by atoms with E-state index >= 15 is 0 Å². The summed E-state index contributed by atoms with van der Waals surface area (Å²) in [6.45, 7) is 0.0289. The molecule has 0 bridgehead atoms. The molecule has 0 rings (SSSR count). The molecule has 2 nitrogen and oxygen atoms in total. The van der Waals surface area contributed by atoms with Crippen molar-refractivity contribution in [2.24, 2.45) is 0 Å². The SMILES string of the molecule is OC/C=C/CO.[H-].[Na+]. The van der Waals surface area contributed by atoms with Gasteiger partial charge in [-0.05, 0) is 0 Å². The summed E-state index contributed by atoms with van der Waals surface area (Å²) in [4.78, 5) is 0. The molecule has 0 heterocycles. The van der Waals surface area contributed by atoms with Crippen molar-refractivity contribution in [2.45, 2.75) is 0 Å². The normalized spacial score (nSPS) is 8.86. The minimum atomic E-state index is 0. The summed E-state index contributed by atoms with van der Waals surface area (Å²) in [6.07, 6.45) is 2.97. The van der Waals surface area contributed by atoms with Gasteiger partial charge in [-0.2, -0.15) is 0 Å². The predicted molar refractivity (Wildman–Crippen MR) is 24.4 cm³/mol. The molecule has 0 aliphatic rings. The molecule has 3 heteroatoms. The minimum absolute atomic E-state index is 0. The van der Waals surface area contributed by atoms with E-state index in [4.69, 9.17) is 10.2 Å². The largest absolute Gasteiger partial charge is 1.00 e. The van der Waals surface area contributed by atoms with Gasteiger partial charge in [0.15, 0.2) is 0 Å². The maximum absolute atomic E-state index is 8.00. The van der Waals surface area contributed by atoms with Crippen molar-refractivity contribution in [1.82, 2.24) is 0 Å². The minimum Gasteiger partial charge on any atom is -1.00 e. The van der Waals surface area contributed by atoms with Gasteiger partial charge >= 0.3 is 29.6 Å². The van der Waals surface area contributed by atoms with E-state index in [-0.39, 0.29) is 44.2 Å². The first kappa shape index (κ1) is 10.6. The number of hydrogen-bond donors (Lipinski definition) is 2. The van der Waals surface area contributed by atoms with Crippen LogP contribution in [0.5, 0.6) is 0 Å². The van der Waals surface area contributed by atoms with Crippen molar-refractivity contribution in [3.05, 3.63) is 12.2 Å². The van der Waals surface area contributed by atoms with Gasteiger partial charge in [0.05, 0.1) is 13.2 Å². The van der Waals surface area contributed by atoms with Crippen molar-refractivity contribution >= 4 is 0 Å². The van der Waals surface area contributed by atoms with Crippen molar-refractivity contribution < 1.29 is 41.2 Å². The standard InChI is InChI=1S/C4H8O2.Na.H/c5-3-1-2-4-6;;/h1-2,5-6H,3-4H2;;/q;+1;-1/b2-1+;;. The first-order chi connectivity index (χ1) is 2.91. The van der Waals surface area contributed by atoms with Gasteiger partial charge in [0.25, 0.3) is 0 Å². The Hall–Kier alpha value is 0.660. The van der Waals surface area contributed by atoms with E-state index in [2.05, 4.69) is 0 Å². The van der Waals surface area contributed by atoms with Crippen molar-refractivity contribution in [3.63, 3.8) is 0 Å². The molecule has 0 aliphatic heterocycles. The Kier molecular flexibility index (Phi) is 14.9. The molecular weight excluding hydrogens is 103 g/mol. The predicted octanol–water partition coefficient (Wildman–Crippen LogP) is -3.36. The molecule has 0 saturated carbocycles. The molecule has 0 fully saturated rings. The van der Waals surface area contributed by atoms with Crippen LogP contribution in [0.15, 0.2) is 12.2 Å². The van der Waals surface area contributed by atoms with Gasteiger partial charge < -0.3 is 11.6 Å². The van der Waals surface area contributed by atoms with Crippen molar-refractivity contribution in [2.75, 3.05) is 13.2 Å². The van der Waals surface area contributed by atoms with Crippen LogP contribution in [0.25, 0.3) is 0 Å². The molecule has 0 aromatic carbocycles. The van der Waals surface area contributed by atoms with Crippen LogP contribution in [0.1, 0.15) is 1.43 Å². The van der Waals surface area contributed by atoms with Gasteiger partial charge in [-0.15, -0.1) is 0 Å². The van der Waals surface area contributed by atoms with Crippen LogP contribution in [0, 0.1) is 0 Å². The zero-order valence-electron chi connectivity index (χ0n) is 5.46. The van der Waals surface area contributed by atoms with Crippen LogP contribution in [-0.4, -0.2) is 23.4 Å². The van der Waals surface area contributed by atoms with Gasteiger partial charge in [0, 0.05) is 0 Å². The fourth-order valence-electron chi connectivity index (χ4n) is 0.149. The summed E-state index contributed by atoms with van der Waals surface area (Å²) in [6, 6.07) is 0. The van der Waals surface area contributed by atoms with Gasteiger partial charge in [-0.25, -0.2) is 0 Å². The van der Waals surface area contributed by atoms with Gasteiger partial charge in [0.1, 0.15) is 0 Å². The maximum Gasteiger partial charge on any atom is 1.00 e. The van der Waals surface area contributed by atoms with E-state index in [0.29, 0.717) is 0 Å². The second kappa shape index (κ2) is 9.83. The Labute approximate surface area is 66.6 Å². The number of aliphatic hydroxyl groups is 2. The van der Waals surface area contributed by atoms with E-state index in [1.54, 1.807) is 0 Å². The quantitative estimate of drug-likeness (QED) is 0.289. The number of hydrogen-bond acceptors (Lipinski definition) is 2. The third-order valence-electron chi connectivity index (χ3n) is 0.377. The zero-order chi connectivity index (χ0) is 4.83. The Morgan fingerprint density at radius 1 is 1.14 bits per heavy atom. The third kappa shape index (κ3) is 10.8. The molecule has 0 saturated heterocycles. The fraction of sp³-hybridized carbons (Fsp3) is 0.500. The Balaban J connectivity index is -0.000000125. The summed E-state index contributed by atoms with van der Waals surface area (Å²) < 4.78 is 0. The molecule has 0 aromatic heterocycles. The molecular formula is C4H9NaO2. The van der Waals surface area contributed by atoms with Crippen LogP contribution in [0.4, 0.5) is 0 Å². The fourth-order valence-corrected chi connectivity index (χ4v) is 0.149. The molecule has 0 atom stereocenters. The second-order valence-electron chi connectivity index (χ2n) is 0.837. The van der Waals surface area contributed by atoms with E-state index in [1.807, 2.05) is 0 Å². The Bertz CT molecular complexity index is 43.3. The summed E-state index contributed by atoms with van der Waals surface area (Å²) in [7, 11) is 0. The van der Waals surface area contributed by atoms with Gasteiger partial charge in [-0.1, -0.05) is 12.2 Å². The monoisotopic (exact) mass is 112 g/mol.